The number of benzene rings is 2. The third-order valence-corrected chi connectivity index (χ3v) is 5.18. The first-order valence-electron chi connectivity index (χ1n) is 9.80. The molecule has 0 saturated carbocycles. The lowest BCUT2D eigenvalue weighted by Gasteiger charge is -2.36. The zero-order valence-electron chi connectivity index (χ0n) is 16.6. The average Bonchev–Trinajstić information content (AvgIpc) is 2.76. The molecule has 0 aromatic heterocycles. The number of urea groups is 1. The molecule has 0 bridgehead atoms. The van der Waals surface area contributed by atoms with E-state index in [1.54, 1.807) is 0 Å². The number of carbonyl (C=O) groups is 1. The first-order valence-corrected chi connectivity index (χ1v) is 9.80. The Morgan fingerprint density at radius 3 is 2.14 bits per heavy atom. The van der Waals surface area contributed by atoms with Crippen LogP contribution in [0.2, 0.25) is 0 Å². The van der Waals surface area contributed by atoms with Crippen LogP contribution in [0.25, 0.3) is 0 Å². The Kier molecular flexibility index (Phi) is 6.38. The van der Waals surface area contributed by atoms with Crippen molar-refractivity contribution in [3.63, 3.8) is 0 Å². The van der Waals surface area contributed by atoms with Gasteiger partial charge in [-0.25, -0.2) is 4.79 Å². The number of piperazine rings is 1. The van der Waals surface area contributed by atoms with Gasteiger partial charge >= 0.3 is 6.03 Å². The summed E-state index contributed by atoms with van der Waals surface area (Å²) in [5, 5.41) is 11.9. The Bertz CT molecular complexity index is 814. The zero-order valence-corrected chi connectivity index (χ0v) is 16.6. The van der Waals surface area contributed by atoms with Gasteiger partial charge in [-0.15, -0.1) is 0 Å². The molecule has 3 rings (SSSR count). The highest BCUT2D eigenvalue weighted by Gasteiger charge is 2.21. The molecule has 0 radical (unpaired) electrons. The predicted octanol–water partition coefficient (Wildman–Crippen LogP) is 3.76. The second kappa shape index (κ2) is 9.14. The SMILES string of the molecule is CCN(CC)c1ccc(NC(=O)N2CCN(c3ccc(C#N)cc3)CC2)cc1. The first-order chi connectivity index (χ1) is 13.6. The second-order valence-corrected chi connectivity index (χ2v) is 6.78. The van der Waals surface area contributed by atoms with Crippen molar-refractivity contribution < 1.29 is 4.79 Å². The van der Waals surface area contributed by atoms with Gasteiger partial charge in [-0.3, -0.25) is 0 Å². The number of carbonyl (C=O) groups excluding carboxylic acids is 1. The molecule has 1 heterocycles. The van der Waals surface area contributed by atoms with Crippen molar-refractivity contribution in [3.05, 3.63) is 54.1 Å². The Labute approximate surface area is 167 Å². The van der Waals surface area contributed by atoms with Crippen molar-refractivity contribution in [1.82, 2.24) is 4.90 Å². The predicted molar refractivity (Wildman–Crippen MR) is 114 cm³/mol. The van der Waals surface area contributed by atoms with Crippen LogP contribution in [0.3, 0.4) is 0 Å². The highest BCUT2D eigenvalue weighted by Crippen LogP contribution is 2.20. The molecule has 1 N–H and O–H groups in total. The summed E-state index contributed by atoms with van der Waals surface area (Å²) in [5.74, 6) is 0. The van der Waals surface area contributed by atoms with E-state index in [0.29, 0.717) is 18.7 Å². The fourth-order valence-electron chi connectivity index (χ4n) is 3.46. The third-order valence-electron chi connectivity index (χ3n) is 5.18. The number of rotatable bonds is 5. The molecule has 2 amide bonds. The van der Waals surface area contributed by atoms with E-state index in [2.05, 4.69) is 35.0 Å². The number of anilines is 3. The van der Waals surface area contributed by atoms with Crippen LogP contribution in [-0.4, -0.2) is 50.2 Å². The van der Waals surface area contributed by atoms with Crippen molar-refractivity contribution in [3.8, 4) is 6.07 Å². The molecule has 0 aliphatic carbocycles. The fourth-order valence-corrected chi connectivity index (χ4v) is 3.46. The summed E-state index contributed by atoms with van der Waals surface area (Å²) in [6.45, 7) is 9.10. The van der Waals surface area contributed by atoms with Gasteiger partial charge < -0.3 is 20.0 Å². The van der Waals surface area contributed by atoms with Gasteiger partial charge in [0.15, 0.2) is 0 Å². The van der Waals surface area contributed by atoms with E-state index in [1.807, 2.05) is 53.4 Å². The van der Waals surface area contributed by atoms with E-state index in [4.69, 9.17) is 5.26 Å². The summed E-state index contributed by atoms with van der Waals surface area (Å²) in [5.41, 5.74) is 3.73. The van der Waals surface area contributed by atoms with Crippen LogP contribution < -0.4 is 15.1 Å². The normalized spacial score (nSPS) is 13.8. The molecule has 28 heavy (non-hydrogen) atoms. The largest absolute Gasteiger partial charge is 0.372 e. The summed E-state index contributed by atoms with van der Waals surface area (Å²) in [6.07, 6.45) is 0. The topological polar surface area (TPSA) is 62.6 Å². The zero-order chi connectivity index (χ0) is 19.9. The standard InChI is InChI=1S/C22H27N5O/c1-3-25(4-2)20-11-7-19(8-12-20)24-22(28)27-15-13-26(14-16-27)21-9-5-18(17-23)6-10-21/h5-12H,3-4,13-16H2,1-2H3,(H,24,28). The van der Waals surface area contributed by atoms with E-state index in [-0.39, 0.29) is 6.03 Å². The van der Waals surface area contributed by atoms with Gasteiger partial charge in [0.1, 0.15) is 0 Å². The van der Waals surface area contributed by atoms with Gasteiger partial charge in [0.2, 0.25) is 0 Å². The molecule has 1 fully saturated rings. The second-order valence-electron chi connectivity index (χ2n) is 6.78. The molecular weight excluding hydrogens is 350 g/mol. The van der Waals surface area contributed by atoms with Crippen molar-refractivity contribution in [1.29, 1.82) is 5.26 Å². The van der Waals surface area contributed by atoms with Crippen LogP contribution in [-0.2, 0) is 0 Å². The molecule has 6 heteroatoms. The molecule has 2 aromatic carbocycles. The van der Waals surface area contributed by atoms with E-state index in [9.17, 15) is 4.79 Å². The molecule has 1 aliphatic rings. The molecule has 6 nitrogen and oxygen atoms in total. The van der Waals surface area contributed by atoms with Crippen molar-refractivity contribution >= 4 is 23.1 Å². The van der Waals surface area contributed by atoms with E-state index in [1.165, 1.54) is 5.69 Å². The maximum absolute atomic E-state index is 12.6. The summed E-state index contributed by atoms with van der Waals surface area (Å²) < 4.78 is 0. The third kappa shape index (κ3) is 4.55. The van der Waals surface area contributed by atoms with Crippen LogP contribution >= 0.6 is 0 Å². The Hall–Kier alpha value is -3.20. The number of nitriles is 1. The average molecular weight is 377 g/mol. The van der Waals surface area contributed by atoms with Crippen LogP contribution in [0.15, 0.2) is 48.5 Å². The molecule has 1 saturated heterocycles. The van der Waals surface area contributed by atoms with Gasteiger partial charge in [0.25, 0.3) is 0 Å². The van der Waals surface area contributed by atoms with Crippen LogP contribution in [0.1, 0.15) is 19.4 Å². The highest BCUT2D eigenvalue weighted by molar-refractivity contribution is 5.89. The minimum atomic E-state index is -0.0601. The summed E-state index contributed by atoms with van der Waals surface area (Å²) in [4.78, 5) is 18.9. The minimum absolute atomic E-state index is 0.0601. The highest BCUT2D eigenvalue weighted by atomic mass is 16.2. The molecule has 0 unspecified atom stereocenters. The quantitative estimate of drug-likeness (QED) is 0.862. The number of nitrogens with zero attached hydrogens (tertiary/aromatic N) is 4. The number of hydrogen-bond donors (Lipinski definition) is 1. The van der Waals surface area contributed by atoms with Crippen molar-refractivity contribution in [2.75, 3.05) is 54.4 Å². The molecule has 146 valence electrons. The summed E-state index contributed by atoms with van der Waals surface area (Å²) in [6, 6.07) is 17.7. The molecular formula is C22H27N5O. The number of hydrogen-bond acceptors (Lipinski definition) is 4. The number of amides is 2. The number of nitrogens with one attached hydrogen (secondary N) is 1. The van der Waals surface area contributed by atoms with Gasteiger partial charge in [-0.1, -0.05) is 0 Å². The maximum Gasteiger partial charge on any atom is 0.321 e. The van der Waals surface area contributed by atoms with E-state index < -0.39 is 0 Å². The van der Waals surface area contributed by atoms with E-state index >= 15 is 0 Å². The Morgan fingerprint density at radius 2 is 1.61 bits per heavy atom. The summed E-state index contributed by atoms with van der Waals surface area (Å²) >= 11 is 0. The maximum atomic E-state index is 12.6. The molecule has 1 aliphatic heterocycles. The molecule has 0 atom stereocenters. The van der Waals surface area contributed by atoms with Gasteiger partial charge in [-0.05, 0) is 62.4 Å². The Morgan fingerprint density at radius 1 is 1.00 bits per heavy atom. The van der Waals surface area contributed by atoms with Crippen molar-refractivity contribution in [2.24, 2.45) is 0 Å². The van der Waals surface area contributed by atoms with E-state index in [0.717, 1.165) is 37.6 Å². The molecule has 2 aromatic rings. The monoisotopic (exact) mass is 377 g/mol. The lowest BCUT2D eigenvalue weighted by atomic mass is 10.2. The van der Waals surface area contributed by atoms with Crippen LogP contribution in [0.5, 0.6) is 0 Å². The van der Waals surface area contributed by atoms with Crippen molar-refractivity contribution in [2.45, 2.75) is 13.8 Å². The van der Waals surface area contributed by atoms with Crippen LogP contribution in [0.4, 0.5) is 21.9 Å². The van der Waals surface area contributed by atoms with Gasteiger partial charge in [0, 0.05) is 56.3 Å². The lowest BCUT2D eigenvalue weighted by molar-refractivity contribution is 0.208. The summed E-state index contributed by atoms with van der Waals surface area (Å²) in [7, 11) is 0. The van der Waals surface area contributed by atoms with Crippen LogP contribution in [0, 0.1) is 11.3 Å². The smallest absolute Gasteiger partial charge is 0.321 e. The lowest BCUT2D eigenvalue weighted by Crippen LogP contribution is -2.50. The minimum Gasteiger partial charge on any atom is -0.372 e. The van der Waals surface area contributed by atoms with Gasteiger partial charge in [-0.2, -0.15) is 5.26 Å². The molecule has 0 spiro atoms. The Balaban J connectivity index is 1.53. The van der Waals surface area contributed by atoms with Gasteiger partial charge in [0.05, 0.1) is 11.6 Å². The first kappa shape index (κ1) is 19.6. The fraction of sp³-hybridized carbons (Fsp3) is 0.364.